The van der Waals surface area contributed by atoms with Gasteiger partial charge in [0.2, 0.25) is 0 Å². The average Bonchev–Trinajstić information content (AvgIpc) is 2.30. The first-order chi connectivity index (χ1) is 5.29. The molecule has 1 aromatic heterocycles. The summed E-state index contributed by atoms with van der Waals surface area (Å²) in [5.41, 5.74) is 1.72. The second-order valence-corrected chi connectivity index (χ2v) is 2.98. The van der Waals surface area contributed by atoms with Crippen LogP contribution in [0.1, 0.15) is 36.8 Å². The van der Waals surface area contributed by atoms with Gasteiger partial charge in [0.25, 0.3) is 0 Å². The third kappa shape index (κ3) is 0.922. The fourth-order valence-electron chi connectivity index (χ4n) is 1.55. The molecule has 0 fully saturated rings. The maximum atomic E-state index is 9.45. The van der Waals surface area contributed by atoms with Gasteiger partial charge in [-0.05, 0) is 6.42 Å². The lowest BCUT2D eigenvalue weighted by Crippen LogP contribution is -1.95. The lowest BCUT2D eigenvalue weighted by Gasteiger charge is -1.98. The zero-order chi connectivity index (χ0) is 7.84. The zero-order valence-electron chi connectivity index (χ0n) is 6.36. The van der Waals surface area contributed by atoms with Crippen molar-refractivity contribution < 1.29 is 5.11 Å². The standard InChI is InChI=1S/C8H10N2O/c1-5-4-6(11)8-7(5)9-2-3-10-8/h2-3,5-6,11H,4H2,1H3/t5-,6+/m0/s1. The van der Waals surface area contributed by atoms with Gasteiger partial charge in [-0.1, -0.05) is 6.92 Å². The molecule has 1 aliphatic rings. The second-order valence-electron chi connectivity index (χ2n) is 2.98. The Labute approximate surface area is 65.1 Å². The smallest absolute Gasteiger partial charge is 0.0984 e. The van der Waals surface area contributed by atoms with Gasteiger partial charge in [-0.15, -0.1) is 0 Å². The Kier molecular flexibility index (Phi) is 1.39. The zero-order valence-corrected chi connectivity index (χ0v) is 6.36. The topological polar surface area (TPSA) is 46.0 Å². The molecule has 0 saturated carbocycles. The van der Waals surface area contributed by atoms with Crippen LogP contribution in [0.4, 0.5) is 0 Å². The van der Waals surface area contributed by atoms with Crippen LogP contribution >= 0.6 is 0 Å². The van der Waals surface area contributed by atoms with E-state index in [1.807, 2.05) is 0 Å². The van der Waals surface area contributed by atoms with Gasteiger partial charge in [-0.25, -0.2) is 0 Å². The highest BCUT2D eigenvalue weighted by atomic mass is 16.3. The molecule has 0 unspecified atom stereocenters. The van der Waals surface area contributed by atoms with Crippen LogP contribution in [0.5, 0.6) is 0 Å². The number of aromatic nitrogens is 2. The lowest BCUT2D eigenvalue weighted by molar-refractivity contribution is 0.170. The normalized spacial score (nSPS) is 28.5. The highest BCUT2D eigenvalue weighted by Gasteiger charge is 2.28. The number of rotatable bonds is 0. The van der Waals surface area contributed by atoms with Crippen LogP contribution in [0.3, 0.4) is 0 Å². The minimum Gasteiger partial charge on any atom is -0.387 e. The van der Waals surface area contributed by atoms with Crippen LogP contribution in [0.15, 0.2) is 12.4 Å². The Morgan fingerprint density at radius 3 is 2.64 bits per heavy atom. The fraction of sp³-hybridized carbons (Fsp3) is 0.500. The van der Waals surface area contributed by atoms with Crippen LogP contribution in [0.25, 0.3) is 0 Å². The fourth-order valence-corrected chi connectivity index (χ4v) is 1.55. The van der Waals surface area contributed by atoms with Crippen molar-refractivity contribution in [1.29, 1.82) is 0 Å². The summed E-state index contributed by atoms with van der Waals surface area (Å²) >= 11 is 0. The predicted molar refractivity (Wildman–Crippen MR) is 40.0 cm³/mol. The van der Waals surface area contributed by atoms with Gasteiger partial charge in [0, 0.05) is 18.3 Å². The second kappa shape index (κ2) is 2.27. The van der Waals surface area contributed by atoms with Crippen LogP contribution in [0, 0.1) is 0 Å². The molecule has 0 saturated heterocycles. The monoisotopic (exact) mass is 150 g/mol. The number of nitrogens with zero attached hydrogens (tertiary/aromatic N) is 2. The van der Waals surface area contributed by atoms with E-state index in [1.54, 1.807) is 12.4 Å². The van der Waals surface area contributed by atoms with Crippen LogP contribution < -0.4 is 0 Å². The first-order valence-corrected chi connectivity index (χ1v) is 3.78. The van der Waals surface area contributed by atoms with Crippen molar-refractivity contribution in [2.24, 2.45) is 0 Å². The Balaban J connectivity index is 2.52. The highest BCUT2D eigenvalue weighted by Crippen LogP contribution is 2.36. The van der Waals surface area contributed by atoms with Crippen molar-refractivity contribution in [3.05, 3.63) is 23.8 Å². The molecule has 1 aromatic rings. The molecule has 1 N–H and O–H groups in total. The summed E-state index contributed by atoms with van der Waals surface area (Å²) in [7, 11) is 0. The number of hydrogen-bond acceptors (Lipinski definition) is 3. The summed E-state index contributed by atoms with van der Waals surface area (Å²) in [6.45, 7) is 2.06. The predicted octanol–water partition coefficient (Wildman–Crippen LogP) is 1.02. The van der Waals surface area contributed by atoms with Crippen molar-refractivity contribution in [3.8, 4) is 0 Å². The largest absolute Gasteiger partial charge is 0.387 e. The number of fused-ring (bicyclic) bond motifs is 1. The maximum Gasteiger partial charge on any atom is 0.0984 e. The molecule has 0 amide bonds. The van der Waals surface area contributed by atoms with E-state index in [4.69, 9.17) is 0 Å². The van der Waals surface area contributed by atoms with Crippen molar-refractivity contribution >= 4 is 0 Å². The van der Waals surface area contributed by atoms with Crippen molar-refractivity contribution in [2.75, 3.05) is 0 Å². The average molecular weight is 150 g/mol. The molecule has 0 aromatic carbocycles. The Morgan fingerprint density at radius 1 is 1.36 bits per heavy atom. The molecule has 0 bridgehead atoms. The van der Waals surface area contributed by atoms with E-state index in [-0.39, 0.29) is 0 Å². The number of hydrogen-bond donors (Lipinski definition) is 1. The molecule has 2 rings (SSSR count). The number of aliphatic hydroxyl groups is 1. The van der Waals surface area contributed by atoms with Crippen LogP contribution in [-0.2, 0) is 0 Å². The van der Waals surface area contributed by atoms with E-state index in [0.717, 1.165) is 17.8 Å². The summed E-state index contributed by atoms with van der Waals surface area (Å²) in [6.07, 6.45) is 3.67. The molecule has 0 radical (unpaired) electrons. The molecule has 1 aliphatic carbocycles. The highest BCUT2D eigenvalue weighted by molar-refractivity contribution is 5.23. The van der Waals surface area contributed by atoms with Gasteiger partial charge in [0.1, 0.15) is 0 Å². The SMILES string of the molecule is C[C@H]1C[C@@H](O)c2nccnc21. The van der Waals surface area contributed by atoms with E-state index in [1.165, 1.54) is 0 Å². The molecule has 0 aliphatic heterocycles. The van der Waals surface area contributed by atoms with E-state index >= 15 is 0 Å². The van der Waals surface area contributed by atoms with Gasteiger partial charge in [0.05, 0.1) is 17.5 Å². The molecule has 11 heavy (non-hydrogen) atoms. The van der Waals surface area contributed by atoms with Gasteiger partial charge < -0.3 is 5.11 Å². The molecular weight excluding hydrogens is 140 g/mol. The van der Waals surface area contributed by atoms with E-state index in [0.29, 0.717) is 5.92 Å². The van der Waals surface area contributed by atoms with Crippen molar-refractivity contribution in [1.82, 2.24) is 9.97 Å². The summed E-state index contributed by atoms with van der Waals surface area (Å²) in [5, 5.41) is 9.45. The van der Waals surface area contributed by atoms with Crippen LogP contribution in [-0.4, -0.2) is 15.1 Å². The maximum absolute atomic E-state index is 9.45. The minimum absolute atomic E-state index is 0.355. The summed E-state index contributed by atoms with van der Waals surface area (Å²) < 4.78 is 0. The molecule has 3 heteroatoms. The third-order valence-electron chi connectivity index (χ3n) is 2.12. The van der Waals surface area contributed by atoms with Crippen molar-refractivity contribution in [2.45, 2.75) is 25.4 Å². The lowest BCUT2D eigenvalue weighted by atomic mass is 10.1. The van der Waals surface area contributed by atoms with Gasteiger partial charge in [-0.3, -0.25) is 9.97 Å². The number of aliphatic hydroxyl groups excluding tert-OH is 1. The van der Waals surface area contributed by atoms with E-state index < -0.39 is 6.10 Å². The quantitative estimate of drug-likeness (QED) is 0.600. The Bertz CT molecular complexity index is 248. The van der Waals surface area contributed by atoms with E-state index in [2.05, 4.69) is 16.9 Å². The molecule has 58 valence electrons. The third-order valence-corrected chi connectivity index (χ3v) is 2.12. The van der Waals surface area contributed by atoms with Crippen molar-refractivity contribution in [3.63, 3.8) is 0 Å². The first-order valence-electron chi connectivity index (χ1n) is 3.78. The van der Waals surface area contributed by atoms with Gasteiger partial charge >= 0.3 is 0 Å². The molecule has 3 nitrogen and oxygen atoms in total. The van der Waals surface area contributed by atoms with Crippen LogP contribution in [0.2, 0.25) is 0 Å². The van der Waals surface area contributed by atoms with Gasteiger partial charge in [-0.2, -0.15) is 0 Å². The van der Waals surface area contributed by atoms with Gasteiger partial charge in [0.15, 0.2) is 0 Å². The minimum atomic E-state index is -0.395. The molecule has 0 spiro atoms. The molecule has 2 atom stereocenters. The summed E-state index contributed by atoms with van der Waals surface area (Å²) in [6, 6.07) is 0. The summed E-state index contributed by atoms with van der Waals surface area (Å²) in [4.78, 5) is 8.25. The molecular formula is C8H10N2O. The van der Waals surface area contributed by atoms with E-state index in [9.17, 15) is 5.11 Å². The Morgan fingerprint density at radius 2 is 2.00 bits per heavy atom. The summed E-state index contributed by atoms with van der Waals surface area (Å²) in [5.74, 6) is 0.355. The first kappa shape index (κ1) is 6.73. The Hall–Kier alpha value is -0.960. The molecule has 1 heterocycles.